The van der Waals surface area contributed by atoms with Crippen molar-refractivity contribution in [3.63, 3.8) is 0 Å². The molecule has 0 unspecified atom stereocenters. The van der Waals surface area contributed by atoms with Gasteiger partial charge in [0.1, 0.15) is 5.60 Å². The van der Waals surface area contributed by atoms with Crippen molar-refractivity contribution in [2.24, 2.45) is 0 Å². The monoisotopic (exact) mass is 326 g/mol. The number of nitrogens with one attached hydrogen (secondary N) is 2. The number of benzene rings is 1. The lowest BCUT2D eigenvalue weighted by molar-refractivity contribution is 0.0458. The molecular formula is C17H27ClN2O2. The maximum Gasteiger partial charge on any atom is 0.412 e. The number of carbonyl (C=O) groups excluding carboxylic acids is 1. The molecule has 1 aliphatic rings. The molecule has 1 aliphatic carbocycles. The highest BCUT2D eigenvalue weighted by molar-refractivity contribution is 5.85. The predicted octanol–water partition coefficient (Wildman–Crippen LogP) is 4.36. The van der Waals surface area contributed by atoms with Crippen LogP contribution in [0.2, 0.25) is 0 Å². The van der Waals surface area contributed by atoms with Crippen molar-refractivity contribution >= 4 is 24.2 Å². The molecule has 4 nitrogen and oxygen atoms in total. The molecule has 0 aliphatic heterocycles. The summed E-state index contributed by atoms with van der Waals surface area (Å²) in [5.41, 5.74) is 0.231. The van der Waals surface area contributed by atoms with Gasteiger partial charge in [-0.2, -0.15) is 0 Å². The molecule has 1 amide bonds. The molecule has 1 fully saturated rings. The van der Waals surface area contributed by atoms with Crippen molar-refractivity contribution in [3.8, 4) is 0 Å². The Kier molecular flexibility index (Phi) is 7.69. The molecule has 124 valence electrons. The molecule has 0 heterocycles. The van der Waals surface area contributed by atoms with Crippen molar-refractivity contribution in [3.05, 3.63) is 30.3 Å². The smallest absolute Gasteiger partial charge is 0.412 e. The van der Waals surface area contributed by atoms with Gasteiger partial charge in [0.25, 0.3) is 0 Å². The van der Waals surface area contributed by atoms with E-state index in [4.69, 9.17) is 4.74 Å². The normalized spacial score (nSPS) is 15.7. The first-order chi connectivity index (χ1) is 10.1. The van der Waals surface area contributed by atoms with Gasteiger partial charge in [0.15, 0.2) is 0 Å². The fraction of sp³-hybridized carbons (Fsp3) is 0.588. The third kappa shape index (κ3) is 6.67. The second-order valence-corrected chi connectivity index (χ2v) is 6.36. The Morgan fingerprint density at radius 2 is 1.82 bits per heavy atom. The Morgan fingerprint density at radius 1 is 1.18 bits per heavy atom. The van der Waals surface area contributed by atoms with E-state index in [1.54, 1.807) is 0 Å². The van der Waals surface area contributed by atoms with Gasteiger partial charge in [-0.3, -0.25) is 5.32 Å². The number of carbonyl (C=O) groups is 1. The Bertz CT molecular complexity index is 445. The van der Waals surface area contributed by atoms with Gasteiger partial charge >= 0.3 is 6.09 Å². The number of para-hydroxylation sites is 1. The molecule has 22 heavy (non-hydrogen) atoms. The summed E-state index contributed by atoms with van der Waals surface area (Å²) in [7, 11) is 0. The van der Waals surface area contributed by atoms with Gasteiger partial charge in [0.05, 0.1) is 0 Å². The Morgan fingerprint density at radius 3 is 2.45 bits per heavy atom. The van der Waals surface area contributed by atoms with Gasteiger partial charge in [0.2, 0.25) is 0 Å². The largest absolute Gasteiger partial charge is 0.442 e. The lowest BCUT2D eigenvalue weighted by atomic mass is 9.95. The first kappa shape index (κ1) is 18.8. The zero-order valence-electron chi connectivity index (χ0n) is 13.4. The van der Waals surface area contributed by atoms with Crippen LogP contribution in [-0.4, -0.2) is 24.3 Å². The molecule has 0 aromatic heterocycles. The quantitative estimate of drug-likeness (QED) is 0.845. The molecular weight excluding hydrogens is 300 g/mol. The van der Waals surface area contributed by atoms with Crippen LogP contribution in [0.3, 0.4) is 0 Å². The summed E-state index contributed by atoms with van der Waals surface area (Å²) < 4.78 is 5.52. The fourth-order valence-electron chi connectivity index (χ4n) is 2.65. The predicted molar refractivity (Wildman–Crippen MR) is 92.7 cm³/mol. The van der Waals surface area contributed by atoms with E-state index < -0.39 is 11.7 Å². The Balaban J connectivity index is 0.00000242. The third-order valence-electron chi connectivity index (χ3n) is 3.81. The van der Waals surface area contributed by atoms with E-state index in [-0.39, 0.29) is 12.4 Å². The topological polar surface area (TPSA) is 50.4 Å². The van der Waals surface area contributed by atoms with E-state index >= 15 is 0 Å². The summed E-state index contributed by atoms with van der Waals surface area (Å²) >= 11 is 0. The average molecular weight is 327 g/mol. The highest BCUT2D eigenvalue weighted by Gasteiger charge is 2.24. The Labute approximate surface area is 139 Å². The number of amides is 1. The molecule has 2 rings (SSSR count). The van der Waals surface area contributed by atoms with Crippen LogP contribution >= 0.6 is 12.4 Å². The minimum absolute atomic E-state index is 0. The number of hydrogen-bond donors (Lipinski definition) is 2. The highest BCUT2D eigenvalue weighted by atomic mass is 35.5. The van der Waals surface area contributed by atoms with Gasteiger partial charge < -0.3 is 10.1 Å². The first-order valence-corrected chi connectivity index (χ1v) is 7.84. The van der Waals surface area contributed by atoms with Crippen LogP contribution < -0.4 is 10.6 Å². The highest BCUT2D eigenvalue weighted by Crippen LogP contribution is 2.19. The van der Waals surface area contributed by atoms with Crippen molar-refractivity contribution in [2.75, 3.05) is 11.9 Å². The second-order valence-electron chi connectivity index (χ2n) is 6.36. The molecule has 1 aromatic carbocycles. The maximum atomic E-state index is 11.9. The maximum absolute atomic E-state index is 11.9. The molecule has 0 saturated heterocycles. The molecule has 0 spiro atoms. The van der Waals surface area contributed by atoms with Crippen molar-refractivity contribution < 1.29 is 9.53 Å². The van der Waals surface area contributed by atoms with Gasteiger partial charge in [-0.25, -0.2) is 4.79 Å². The molecule has 1 saturated carbocycles. The SMILES string of the molecule is CC(C)(CNC1CCCCC1)OC(=O)Nc1ccccc1.Cl. The second kappa shape index (κ2) is 9.01. The van der Waals surface area contributed by atoms with Crippen molar-refractivity contribution in [1.29, 1.82) is 0 Å². The van der Waals surface area contributed by atoms with Gasteiger partial charge in [0, 0.05) is 18.3 Å². The lowest BCUT2D eigenvalue weighted by Crippen LogP contribution is -2.44. The summed E-state index contributed by atoms with van der Waals surface area (Å²) in [5, 5.41) is 6.27. The Hall–Kier alpha value is -1.26. The number of anilines is 1. The van der Waals surface area contributed by atoms with Crippen molar-refractivity contribution in [1.82, 2.24) is 5.32 Å². The molecule has 0 radical (unpaired) electrons. The summed E-state index contributed by atoms with van der Waals surface area (Å²) in [6, 6.07) is 9.92. The number of halogens is 1. The average Bonchev–Trinajstić information content (AvgIpc) is 2.47. The summed E-state index contributed by atoms with van der Waals surface area (Å²) in [4.78, 5) is 11.9. The van der Waals surface area contributed by atoms with Gasteiger partial charge in [-0.1, -0.05) is 37.5 Å². The lowest BCUT2D eigenvalue weighted by Gasteiger charge is -2.30. The minimum Gasteiger partial charge on any atom is -0.442 e. The van der Waals surface area contributed by atoms with E-state index in [1.807, 2.05) is 44.2 Å². The van der Waals surface area contributed by atoms with E-state index in [1.165, 1.54) is 32.1 Å². The molecule has 5 heteroatoms. The van der Waals surface area contributed by atoms with Crippen LogP contribution in [0.1, 0.15) is 46.0 Å². The van der Waals surface area contributed by atoms with Crippen LogP contribution in [0.25, 0.3) is 0 Å². The van der Waals surface area contributed by atoms with Crippen molar-refractivity contribution in [2.45, 2.75) is 57.6 Å². The zero-order valence-corrected chi connectivity index (χ0v) is 14.2. The molecule has 2 N–H and O–H groups in total. The minimum atomic E-state index is -0.518. The van der Waals surface area contributed by atoms with E-state index in [2.05, 4.69) is 10.6 Å². The van der Waals surface area contributed by atoms with Crippen LogP contribution in [0, 0.1) is 0 Å². The van der Waals surface area contributed by atoms with Crippen LogP contribution in [0.5, 0.6) is 0 Å². The van der Waals surface area contributed by atoms with Gasteiger partial charge in [-0.05, 0) is 38.8 Å². The molecule has 0 bridgehead atoms. The van der Waals surface area contributed by atoms with E-state index in [0.717, 1.165) is 5.69 Å². The van der Waals surface area contributed by atoms with Gasteiger partial charge in [-0.15, -0.1) is 12.4 Å². The van der Waals surface area contributed by atoms with Crippen LogP contribution in [0.15, 0.2) is 30.3 Å². The number of rotatable bonds is 5. The summed E-state index contributed by atoms with van der Waals surface area (Å²) in [5.74, 6) is 0. The van der Waals surface area contributed by atoms with E-state index in [9.17, 15) is 4.79 Å². The fourth-order valence-corrected chi connectivity index (χ4v) is 2.65. The molecule has 0 atom stereocenters. The zero-order chi connectivity index (χ0) is 15.1. The van der Waals surface area contributed by atoms with E-state index in [0.29, 0.717) is 12.6 Å². The third-order valence-corrected chi connectivity index (χ3v) is 3.81. The standard InChI is InChI=1S/C17H26N2O2.ClH/c1-17(2,13-18-14-9-5-3-6-10-14)21-16(20)19-15-11-7-4-8-12-15;/h4,7-8,11-12,14,18H,3,5-6,9-10,13H2,1-2H3,(H,19,20);1H. The number of ether oxygens (including phenoxy) is 1. The molecule has 1 aromatic rings. The van der Waals surface area contributed by atoms with Crippen LogP contribution in [0.4, 0.5) is 10.5 Å². The first-order valence-electron chi connectivity index (χ1n) is 7.84. The summed E-state index contributed by atoms with van der Waals surface area (Å²) in [6.07, 6.45) is 5.99. The summed E-state index contributed by atoms with van der Waals surface area (Å²) in [6.45, 7) is 4.56. The number of hydrogen-bond acceptors (Lipinski definition) is 3. The van der Waals surface area contributed by atoms with Crippen LogP contribution in [-0.2, 0) is 4.74 Å².